The second-order valence-electron chi connectivity index (χ2n) is 6.55. The van der Waals surface area contributed by atoms with E-state index in [0.29, 0.717) is 29.8 Å². The molecule has 0 spiro atoms. The summed E-state index contributed by atoms with van der Waals surface area (Å²) in [6, 6.07) is 9.71. The highest BCUT2D eigenvalue weighted by Crippen LogP contribution is 2.20. The quantitative estimate of drug-likeness (QED) is 0.877. The molecule has 0 radical (unpaired) electrons. The third-order valence-electron chi connectivity index (χ3n) is 4.66. The van der Waals surface area contributed by atoms with Gasteiger partial charge >= 0.3 is 0 Å². The number of benzene rings is 1. The predicted molar refractivity (Wildman–Crippen MR) is 98.0 cm³/mol. The predicted octanol–water partition coefficient (Wildman–Crippen LogP) is 2.93. The Kier molecular flexibility index (Phi) is 5.71. The molecule has 1 aliphatic heterocycles. The number of rotatable bonds is 6. The number of anilines is 1. The lowest BCUT2D eigenvalue weighted by Gasteiger charge is -2.33. The summed E-state index contributed by atoms with van der Waals surface area (Å²) in [6.07, 6.45) is 5.61. The minimum atomic E-state index is -0.208. The molecule has 6 heteroatoms. The van der Waals surface area contributed by atoms with E-state index in [1.54, 1.807) is 23.0 Å². The minimum absolute atomic E-state index is 0.208. The average molecular weight is 342 g/mol. The zero-order chi connectivity index (χ0) is 17.6. The largest absolute Gasteiger partial charge is 0.491 e. The van der Waals surface area contributed by atoms with E-state index in [0.717, 1.165) is 13.1 Å². The van der Waals surface area contributed by atoms with Crippen LogP contribution in [0.1, 0.15) is 36.5 Å². The second kappa shape index (κ2) is 8.16. The van der Waals surface area contributed by atoms with Crippen molar-refractivity contribution in [1.29, 1.82) is 0 Å². The number of aryl methyl sites for hydroxylation is 1. The van der Waals surface area contributed by atoms with Gasteiger partial charge in [0.05, 0.1) is 5.56 Å². The van der Waals surface area contributed by atoms with E-state index in [4.69, 9.17) is 4.74 Å². The molecule has 1 fully saturated rings. The Morgan fingerprint density at radius 1 is 1.32 bits per heavy atom. The Labute approximate surface area is 148 Å². The van der Waals surface area contributed by atoms with Gasteiger partial charge in [-0.05, 0) is 38.4 Å². The van der Waals surface area contributed by atoms with Crippen LogP contribution in [0, 0.1) is 0 Å². The Bertz CT molecular complexity index is 713. The molecular weight excluding hydrogens is 316 g/mol. The van der Waals surface area contributed by atoms with Crippen LogP contribution in [0.25, 0.3) is 0 Å². The van der Waals surface area contributed by atoms with Gasteiger partial charge in [-0.3, -0.25) is 14.4 Å². The van der Waals surface area contributed by atoms with Gasteiger partial charge in [0, 0.05) is 31.9 Å². The van der Waals surface area contributed by atoms with Gasteiger partial charge in [0.15, 0.2) is 5.82 Å². The summed E-state index contributed by atoms with van der Waals surface area (Å²) in [5.74, 6) is 0.936. The summed E-state index contributed by atoms with van der Waals surface area (Å²) in [5.41, 5.74) is 0.528. The van der Waals surface area contributed by atoms with Crippen molar-refractivity contribution in [3.63, 3.8) is 0 Å². The molecule has 1 aromatic heterocycles. The summed E-state index contributed by atoms with van der Waals surface area (Å²) in [4.78, 5) is 15.0. The van der Waals surface area contributed by atoms with Crippen LogP contribution in [-0.2, 0) is 7.05 Å². The van der Waals surface area contributed by atoms with Crippen LogP contribution in [0.2, 0.25) is 0 Å². The van der Waals surface area contributed by atoms with Crippen molar-refractivity contribution < 1.29 is 9.53 Å². The standard InChI is InChI=1S/C19H26N4O2/c1-15-7-5-6-11-23(15)13-14-25-17-9-4-3-8-16(17)19(24)20-18-10-12-22(2)21-18/h3-4,8-10,12,15H,5-7,11,13-14H2,1-2H3,(H,20,21,24). The Hall–Kier alpha value is -2.34. The van der Waals surface area contributed by atoms with Crippen molar-refractivity contribution in [2.24, 2.45) is 7.05 Å². The van der Waals surface area contributed by atoms with E-state index in [1.165, 1.54) is 19.3 Å². The molecule has 134 valence electrons. The van der Waals surface area contributed by atoms with Crippen molar-refractivity contribution in [1.82, 2.24) is 14.7 Å². The molecule has 0 aliphatic carbocycles. The number of piperidine rings is 1. The molecule has 2 heterocycles. The SMILES string of the molecule is CC1CCCCN1CCOc1ccccc1C(=O)Nc1ccn(C)n1. The van der Waals surface area contributed by atoms with Crippen LogP contribution in [-0.4, -0.2) is 46.3 Å². The number of aromatic nitrogens is 2. The van der Waals surface area contributed by atoms with Crippen LogP contribution in [0.15, 0.2) is 36.5 Å². The number of nitrogens with zero attached hydrogens (tertiary/aromatic N) is 3. The summed E-state index contributed by atoms with van der Waals surface area (Å²) < 4.78 is 7.57. The molecule has 1 unspecified atom stereocenters. The first-order valence-electron chi connectivity index (χ1n) is 8.90. The monoisotopic (exact) mass is 342 g/mol. The molecule has 1 aromatic carbocycles. The van der Waals surface area contributed by atoms with Gasteiger partial charge in [0.25, 0.3) is 5.91 Å². The Morgan fingerprint density at radius 3 is 2.92 bits per heavy atom. The molecule has 6 nitrogen and oxygen atoms in total. The first-order chi connectivity index (χ1) is 12.1. The summed E-state index contributed by atoms with van der Waals surface area (Å²) in [7, 11) is 1.81. The number of amides is 1. The topological polar surface area (TPSA) is 59.4 Å². The van der Waals surface area contributed by atoms with Crippen molar-refractivity contribution in [3.05, 3.63) is 42.1 Å². The van der Waals surface area contributed by atoms with Gasteiger partial charge < -0.3 is 10.1 Å². The molecule has 0 bridgehead atoms. The third-order valence-corrected chi connectivity index (χ3v) is 4.66. The number of ether oxygens (including phenoxy) is 1. The van der Waals surface area contributed by atoms with Gasteiger partial charge in [-0.2, -0.15) is 5.10 Å². The number of nitrogens with one attached hydrogen (secondary N) is 1. The highest BCUT2D eigenvalue weighted by Gasteiger charge is 2.18. The van der Waals surface area contributed by atoms with Crippen LogP contribution in [0.5, 0.6) is 5.75 Å². The molecule has 1 atom stereocenters. The van der Waals surface area contributed by atoms with E-state index in [1.807, 2.05) is 25.2 Å². The maximum atomic E-state index is 12.5. The maximum absolute atomic E-state index is 12.5. The van der Waals surface area contributed by atoms with Gasteiger partial charge in [0.2, 0.25) is 0 Å². The number of likely N-dealkylation sites (tertiary alicyclic amines) is 1. The lowest BCUT2D eigenvalue weighted by atomic mass is 10.0. The average Bonchev–Trinajstić information content (AvgIpc) is 3.02. The van der Waals surface area contributed by atoms with E-state index in [-0.39, 0.29) is 5.91 Å². The fourth-order valence-corrected chi connectivity index (χ4v) is 3.21. The number of carbonyl (C=O) groups is 1. The maximum Gasteiger partial charge on any atom is 0.260 e. The number of carbonyl (C=O) groups excluding carboxylic acids is 1. The molecule has 0 saturated carbocycles. The van der Waals surface area contributed by atoms with Crippen molar-refractivity contribution in [2.45, 2.75) is 32.2 Å². The molecule has 1 aliphatic rings. The van der Waals surface area contributed by atoms with Crippen molar-refractivity contribution in [2.75, 3.05) is 25.0 Å². The zero-order valence-electron chi connectivity index (χ0n) is 14.9. The normalized spacial score (nSPS) is 18.1. The lowest BCUT2D eigenvalue weighted by Crippen LogP contribution is -2.40. The molecular formula is C19H26N4O2. The van der Waals surface area contributed by atoms with E-state index >= 15 is 0 Å². The highest BCUT2D eigenvalue weighted by atomic mass is 16.5. The fraction of sp³-hybridized carbons (Fsp3) is 0.474. The van der Waals surface area contributed by atoms with Gasteiger partial charge in [-0.1, -0.05) is 18.6 Å². The van der Waals surface area contributed by atoms with Crippen LogP contribution < -0.4 is 10.1 Å². The lowest BCUT2D eigenvalue weighted by molar-refractivity contribution is 0.101. The first-order valence-corrected chi connectivity index (χ1v) is 8.90. The zero-order valence-corrected chi connectivity index (χ0v) is 14.9. The number of hydrogen-bond donors (Lipinski definition) is 1. The van der Waals surface area contributed by atoms with E-state index in [2.05, 4.69) is 22.2 Å². The number of para-hydroxylation sites is 1. The second-order valence-corrected chi connectivity index (χ2v) is 6.55. The summed E-state index contributed by atoms with van der Waals surface area (Å²) in [5, 5.41) is 6.98. The molecule has 3 rings (SSSR count). The third kappa shape index (κ3) is 4.60. The summed E-state index contributed by atoms with van der Waals surface area (Å²) >= 11 is 0. The molecule has 1 N–H and O–H groups in total. The molecule has 1 saturated heterocycles. The number of hydrogen-bond acceptors (Lipinski definition) is 4. The molecule has 25 heavy (non-hydrogen) atoms. The fourth-order valence-electron chi connectivity index (χ4n) is 3.21. The highest BCUT2D eigenvalue weighted by molar-refractivity contribution is 6.05. The van der Waals surface area contributed by atoms with Crippen LogP contribution in [0.3, 0.4) is 0 Å². The molecule has 1 amide bonds. The van der Waals surface area contributed by atoms with Crippen molar-refractivity contribution >= 4 is 11.7 Å². The smallest absolute Gasteiger partial charge is 0.260 e. The van der Waals surface area contributed by atoms with Gasteiger partial charge in [-0.15, -0.1) is 0 Å². The van der Waals surface area contributed by atoms with Gasteiger partial charge in [0.1, 0.15) is 12.4 Å². The van der Waals surface area contributed by atoms with Crippen LogP contribution >= 0.6 is 0 Å². The summed E-state index contributed by atoms with van der Waals surface area (Å²) in [6.45, 7) is 4.87. The Balaban J connectivity index is 1.59. The van der Waals surface area contributed by atoms with Crippen LogP contribution in [0.4, 0.5) is 5.82 Å². The van der Waals surface area contributed by atoms with Crippen molar-refractivity contribution in [3.8, 4) is 5.75 Å². The first kappa shape index (κ1) is 17.5. The Morgan fingerprint density at radius 2 is 2.16 bits per heavy atom. The van der Waals surface area contributed by atoms with E-state index in [9.17, 15) is 4.79 Å². The van der Waals surface area contributed by atoms with Gasteiger partial charge in [-0.25, -0.2) is 0 Å². The molecule has 2 aromatic rings. The van der Waals surface area contributed by atoms with E-state index < -0.39 is 0 Å². The minimum Gasteiger partial charge on any atom is -0.491 e.